The second-order valence-electron chi connectivity index (χ2n) is 1.84. The van der Waals surface area contributed by atoms with Crippen LogP contribution in [0.4, 0.5) is 0 Å². The fraction of sp³-hybridized carbons (Fsp3) is 0.600. The maximum atomic E-state index is 5.47. The summed E-state index contributed by atoms with van der Waals surface area (Å²) in [4.78, 5) is 0. The van der Waals surface area contributed by atoms with Crippen LogP contribution in [0.15, 0.2) is 12.2 Å². The van der Waals surface area contributed by atoms with Crippen LogP contribution in [0, 0.1) is 0 Å². The second kappa shape index (κ2) is 1.64. The summed E-state index contributed by atoms with van der Waals surface area (Å²) in [6, 6.07) is 0. The number of hydrogen-bond acceptors (Lipinski definition) is 2. The molecule has 1 heterocycles. The molecule has 1 aliphatic heterocycles. The van der Waals surface area contributed by atoms with Gasteiger partial charge in [0.1, 0.15) is 0 Å². The van der Waals surface area contributed by atoms with Crippen molar-refractivity contribution in [1.29, 1.82) is 0 Å². The van der Waals surface area contributed by atoms with E-state index < -0.39 is 0 Å². The van der Waals surface area contributed by atoms with Gasteiger partial charge in [0.2, 0.25) is 0 Å². The average Bonchev–Trinajstić information content (AvgIpc) is 1.91. The van der Waals surface area contributed by atoms with Crippen molar-refractivity contribution < 1.29 is 0 Å². The Morgan fingerprint density at radius 1 is 1.86 bits per heavy atom. The highest BCUT2D eigenvalue weighted by atomic mass is 15.0. The summed E-state index contributed by atoms with van der Waals surface area (Å²) in [6.07, 6.45) is 1.11. The van der Waals surface area contributed by atoms with Gasteiger partial charge in [0.15, 0.2) is 0 Å². The smallest absolute Gasteiger partial charge is 0.0766 e. The van der Waals surface area contributed by atoms with E-state index in [1.54, 1.807) is 0 Å². The molecule has 0 amide bonds. The average molecular weight is 98.1 g/mol. The molecule has 2 nitrogen and oxygen atoms in total. The lowest BCUT2D eigenvalue weighted by atomic mass is 10.2. The Kier molecular flexibility index (Phi) is 1.13. The monoisotopic (exact) mass is 98.1 g/mol. The lowest BCUT2D eigenvalue weighted by molar-refractivity contribution is 0.694. The van der Waals surface area contributed by atoms with Crippen molar-refractivity contribution in [2.24, 2.45) is 5.73 Å². The predicted octanol–water partition coefficient (Wildman–Crippen LogP) is -0.179. The van der Waals surface area contributed by atoms with Crippen LogP contribution in [0.3, 0.4) is 0 Å². The molecule has 1 aliphatic rings. The van der Waals surface area contributed by atoms with Gasteiger partial charge in [-0.3, -0.25) is 5.32 Å². The first kappa shape index (κ1) is 4.81. The van der Waals surface area contributed by atoms with Crippen molar-refractivity contribution in [3.63, 3.8) is 0 Å². The van der Waals surface area contributed by atoms with Crippen LogP contribution in [0.5, 0.6) is 0 Å². The van der Waals surface area contributed by atoms with Gasteiger partial charge >= 0.3 is 0 Å². The van der Waals surface area contributed by atoms with Gasteiger partial charge in [0, 0.05) is 6.54 Å². The minimum atomic E-state index is 0.0694. The summed E-state index contributed by atoms with van der Waals surface area (Å²) >= 11 is 0. The molecule has 0 aromatic rings. The van der Waals surface area contributed by atoms with E-state index in [1.807, 2.05) is 0 Å². The minimum absolute atomic E-state index is 0.0694. The first-order valence-electron chi connectivity index (χ1n) is 2.47. The minimum Gasteiger partial charge on any atom is -0.312 e. The molecule has 7 heavy (non-hydrogen) atoms. The summed E-state index contributed by atoms with van der Waals surface area (Å²) in [7, 11) is 0. The topological polar surface area (TPSA) is 38.0 Å². The lowest BCUT2D eigenvalue weighted by Gasteiger charge is -1.99. The summed E-state index contributed by atoms with van der Waals surface area (Å²) in [5.41, 5.74) is 6.59. The highest BCUT2D eigenvalue weighted by molar-refractivity contribution is 5.07. The third kappa shape index (κ3) is 0.813. The Labute approximate surface area is 43.4 Å². The Bertz CT molecular complexity index is 88.1. The number of nitrogens with two attached hydrogens (primary N) is 1. The maximum Gasteiger partial charge on any atom is 0.0766 e. The molecule has 1 unspecified atom stereocenters. The Morgan fingerprint density at radius 3 is 2.71 bits per heavy atom. The van der Waals surface area contributed by atoms with E-state index in [-0.39, 0.29) is 6.17 Å². The standard InChI is InChI=1S/C5H10N2/c1-4-2-3-7-5(4)6/h5,7H,1-3,6H2. The molecule has 1 rings (SSSR count). The molecule has 0 radical (unpaired) electrons. The molecule has 1 fully saturated rings. The van der Waals surface area contributed by atoms with E-state index in [9.17, 15) is 0 Å². The van der Waals surface area contributed by atoms with Crippen LogP contribution in [-0.4, -0.2) is 12.7 Å². The largest absolute Gasteiger partial charge is 0.312 e. The molecule has 0 bridgehead atoms. The molecule has 2 heteroatoms. The first-order chi connectivity index (χ1) is 3.30. The molecule has 0 aliphatic carbocycles. The molecule has 0 aromatic carbocycles. The number of nitrogens with one attached hydrogen (secondary N) is 1. The van der Waals surface area contributed by atoms with Crippen LogP contribution in [0.1, 0.15) is 6.42 Å². The van der Waals surface area contributed by atoms with E-state index in [0.717, 1.165) is 18.5 Å². The van der Waals surface area contributed by atoms with Gasteiger partial charge < -0.3 is 5.73 Å². The van der Waals surface area contributed by atoms with Crippen molar-refractivity contribution in [2.45, 2.75) is 12.6 Å². The van der Waals surface area contributed by atoms with Crippen LogP contribution >= 0.6 is 0 Å². The van der Waals surface area contributed by atoms with Gasteiger partial charge in [-0.1, -0.05) is 6.58 Å². The van der Waals surface area contributed by atoms with E-state index in [4.69, 9.17) is 5.73 Å². The zero-order valence-electron chi connectivity index (χ0n) is 4.28. The molecular weight excluding hydrogens is 88.1 g/mol. The van der Waals surface area contributed by atoms with Crippen LogP contribution in [-0.2, 0) is 0 Å². The molecule has 40 valence electrons. The van der Waals surface area contributed by atoms with Crippen molar-refractivity contribution in [2.75, 3.05) is 6.54 Å². The van der Waals surface area contributed by atoms with Gasteiger partial charge in [0.25, 0.3) is 0 Å². The normalized spacial score (nSPS) is 31.6. The third-order valence-corrected chi connectivity index (χ3v) is 1.25. The van der Waals surface area contributed by atoms with Crippen LogP contribution in [0.2, 0.25) is 0 Å². The number of hydrogen-bond donors (Lipinski definition) is 2. The lowest BCUT2D eigenvalue weighted by Crippen LogP contribution is -2.31. The summed E-state index contributed by atoms with van der Waals surface area (Å²) in [5.74, 6) is 0. The Hall–Kier alpha value is -0.340. The SMILES string of the molecule is C=C1CCNC1N. The van der Waals surface area contributed by atoms with Crippen molar-refractivity contribution in [3.8, 4) is 0 Å². The summed E-state index contributed by atoms with van der Waals surface area (Å²) < 4.78 is 0. The van der Waals surface area contributed by atoms with Gasteiger partial charge in [0.05, 0.1) is 6.17 Å². The zero-order valence-corrected chi connectivity index (χ0v) is 4.28. The van der Waals surface area contributed by atoms with E-state index in [2.05, 4.69) is 11.9 Å². The molecule has 1 atom stereocenters. The van der Waals surface area contributed by atoms with Crippen LogP contribution in [0.25, 0.3) is 0 Å². The zero-order chi connectivity index (χ0) is 5.28. The fourth-order valence-corrected chi connectivity index (χ4v) is 0.688. The second-order valence-corrected chi connectivity index (χ2v) is 1.84. The Morgan fingerprint density at radius 2 is 2.57 bits per heavy atom. The third-order valence-electron chi connectivity index (χ3n) is 1.25. The van der Waals surface area contributed by atoms with Gasteiger partial charge in [-0.2, -0.15) is 0 Å². The quantitative estimate of drug-likeness (QED) is 0.412. The van der Waals surface area contributed by atoms with E-state index >= 15 is 0 Å². The summed E-state index contributed by atoms with van der Waals surface area (Å²) in [5, 5.41) is 3.05. The van der Waals surface area contributed by atoms with E-state index in [1.165, 1.54) is 0 Å². The predicted molar refractivity (Wildman–Crippen MR) is 29.7 cm³/mol. The fourth-order valence-electron chi connectivity index (χ4n) is 0.688. The molecular formula is C5H10N2. The Balaban J connectivity index is 2.48. The van der Waals surface area contributed by atoms with Crippen molar-refractivity contribution in [1.82, 2.24) is 5.32 Å². The summed E-state index contributed by atoms with van der Waals surface area (Å²) in [6.45, 7) is 4.75. The van der Waals surface area contributed by atoms with Gasteiger partial charge in [-0.05, 0) is 12.0 Å². The highest BCUT2D eigenvalue weighted by Crippen LogP contribution is 2.05. The molecule has 3 N–H and O–H groups in total. The first-order valence-corrected chi connectivity index (χ1v) is 2.47. The molecule has 0 spiro atoms. The van der Waals surface area contributed by atoms with Crippen molar-refractivity contribution in [3.05, 3.63) is 12.2 Å². The van der Waals surface area contributed by atoms with Crippen molar-refractivity contribution >= 4 is 0 Å². The molecule has 0 saturated carbocycles. The van der Waals surface area contributed by atoms with Gasteiger partial charge in [-0.25, -0.2) is 0 Å². The molecule has 0 aromatic heterocycles. The van der Waals surface area contributed by atoms with Gasteiger partial charge in [-0.15, -0.1) is 0 Å². The highest BCUT2D eigenvalue weighted by Gasteiger charge is 2.11. The maximum absolute atomic E-state index is 5.47. The van der Waals surface area contributed by atoms with E-state index in [0.29, 0.717) is 0 Å². The van der Waals surface area contributed by atoms with Crippen LogP contribution < -0.4 is 11.1 Å². The number of rotatable bonds is 0. The molecule has 1 saturated heterocycles.